The van der Waals surface area contributed by atoms with Crippen molar-refractivity contribution < 1.29 is 0 Å². The second-order valence-electron chi connectivity index (χ2n) is 6.15. The van der Waals surface area contributed by atoms with Crippen molar-refractivity contribution in [1.82, 2.24) is 0 Å². The van der Waals surface area contributed by atoms with Crippen molar-refractivity contribution in [3.8, 4) is 11.1 Å². The van der Waals surface area contributed by atoms with Gasteiger partial charge in [-0.3, -0.25) is 0 Å². The summed E-state index contributed by atoms with van der Waals surface area (Å²) in [4.78, 5) is 0. The first kappa shape index (κ1) is 13.3. The van der Waals surface area contributed by atoms with Gasteiger partial charge in [0.05, 0.1) is 0 Å². The van der Waals surface area contributed by atoms with E-state index in [0.29, 0.717) is 0 Å². The summed E-state index contributed by atoms with van der Waals surface area (Å²) >= 11 is 0. The van der Waals surface area contributed by atoms with Gasteiger partial charge in [-0.05, 0) is 49.5 Å². The lowest BCUT2D eigenvalue weighted by Gasteiger charge is -2.10. The van der Waals surface area contributed by atoms with Crippen LogP contribution in [0.15, 0.2) is 91.0 Å². The zero-order chi connectivity index (χ0) is 15.9. The van der Waals surface area contributed by atoms with Gasteiger partial charge in [-0.25, -0.2) is 0 Å². The van der Waals surface area contributed by atoms with Gasteiger partial charge in [-0.2, -0.15) is 0 Å². The topological polar surface area (TPSA) is 0 Å². The Balaban J connectivity index is 1.83. The molecule has 24 heavy (non-hydrogen) atoms. The summed E-state index contributed by atoms with van der Waals surface area (Å²) in [6.07, 6.45) is 0. The van der Waals surface area contributed by atoms with Crippen LogP contribution < -0.4 is 0 Å². The average Bonchev–Trinajstić information content (AvgIpc) is 2.67. The third-order valence-corrected chi connectivity index (χ3v) is 4.74. The molecule has 5 rings (SSSR count). The zero-order valence-electron chi connectivity index (χ0n) is 13.2. The summed E-state index contributed by atoms with van der Waals surface area (Å²) < 4.78 is 0. The SMILES string of the molecule is [c]1c(-c2cccc3c2ccc2ccccc23)ccc2ccccc12. The van der Waals surface area contributed by atoms with Crippen LogP contribution in [-0.2, 0) is 0 Å². The monoisotopic (exact) mass is 303 g/mol. The molecule has 0 aliphatic rings. The van der Waals surface area contributed by atoms with E-state index in [1.807, 2.05) is 0 Å². The highest BCUT2D eigenvalue weighted by Gasteiger charge is 2.07. The maximum atomic E-state index is 3.58. The van der Waals surface area contributed by atoms with Gasteiger partial charge in [0.2, 0.25) is 0 Å². The molecule has 0 aliphatic carbocycles. The fourth-order valence-corrected chi connectivity index (χ4v) is 3.55. The molecule has 0 amide bonds. The van der Waals surface area contributed by atoms with Crippen molar-refractivity contribution in [2.75, 3.05) is 0 Å². The molecule has 0 bridgehead atoms. The van der Waals surface area contributed by atoms with E-state index >= 15 is 0 Å². The van der Waals surface area contributed by atoms with Crippen LogP contribution in [0.25, 0.3) is 43.4 Å². The number of hydrogen-bond acceptors (Lipinski definition) is 0. The Labute approximate surface area is 141 Å². The highest BCUT2D eigenvalue weighted by molar-refractivity contribution is 6.12. The first-order valence-corrected chi connectivity index (χ1v) is 8.22. The van der Waals surface area contributed by atoms with E-state index in [2.05, 4.69) is 97.1 Å². The highest BCUT2D eigenvalue weighted by atomic mass is 14.1. The van der Waals surface area contributed by atoms with E-state index in [1.54, 1.807) is 0 Å². The molecular weight excluding hydrogens is 288 g/mol. The molecular formula is C24H15. The van der Waals surface area contributed by atoms with E-state index in [-0.39, 0.29) is 0 Å². The van der Waals surface area contributed by atoms with Gasteiger partial charge >= 0.3 is 0 Å². The van der Waals surface area contributed by atoms with Crippen molar-refractivity contribution in [2.24, 2.45) is 0 Å². The van der Waals surface area contributed by atoms with Crippen LogP contribution in [0.4, 0.5) is 0 Å². The van der Waals surface area contributed by atoms with Crippen molar-refractivity contribution in [3.63, 3.8) is 0 Å². The molecule has 5 aromatic carbocycles. The number of fused-ring (bicyclic) bond motifs is 4. The molecule has 0 spiro atoms. The maximum Gasteiger partial charge on any atom is -0.00141 e. The Morgan fingerprint density at radius 2 is 1.21 bits per heavy atom. The summed E-state index contributed by atoms with van der Waals surface area (Å²) in [5.74, 6) is 0. The van der Waals surface area contributed by atoms with Crippen LogP contribution >= 0.6 is 0 Å². The third kappa shape index (κ3) is 2.00. The van der Waals surface area contributed by atoms with Crippen molar-refractivity contribution in [2.45, 2.75) is 0 Å². The standard InChI is InChI=1S/C24H15/c1-2-8-19-16-20(13-12-17(19)6-1)22-10-5-11-23-21-9-4-3-7-18(21)14-15-24(22)23/h1-15H. The van der Waals surface area contributed by atoms with Gasteiger partial charge in [0.1, 0.15) is 0 Å². The minimum Gasteiger partial charge on any atom is -0.0616 e. The first-order chi connectivity index (χ1) is 11.9. The lowest BCUT2D eigenvalue weighted by Crippen LogP contribution is -1.84. The zero-order valence-corrected chi connectivity index (χ0v) is 13.2. The molecule has 0 nitrogen and oxygen atoms in total. The molecule has 0 heteroatoms. The second-order valence-corrected chi connectivity index (χ2v) is 6.15. The largest absolute Gasteiger partial charge is 0.0616 e. The second kappa shape index (κ2) is 5.21. The summed E-state index contributed by atoms with van der Waals surface area (Å²) in [6, 6.07) is 35.9. The van der Waals surface area contributed by atoms with Crippen LogP contribution in [0.3, 0.4) is 0 Å². The summed E-state index contributed by atoms with van der Waals surface area (Å²) in [5, 5.41) is 7.55. The van der Waals surface area contributed by atoms with Crippen LogP contribution in [0.2, 0.25) is 0 Å². The maximum absolute atomic E-state index is 3.58. The van der Waals surface area contributed by atoms with Gasteiger partial charge in [0, 0.05) is 0 Å². The van der Waals surface area contributed by atoms with Gasteiger partial charge in [-0.15, -0.1) is 0 Å². The highest BCUT2D eigenvalue weighted by Crippen LogP contribution is 2.34. The molecule has 0 fully saturated rings. The normalized spacial score (nSPS) is 11.3. The Hall–Kier alpha value is -3.12. The number of hydrogen-bond donors (Lipinski definition) is 0. The van der Waals surface area contributed by atoms with Gasteiger partial charge in [0.25, 0.3) is 0 Å². The van der Waals surface area contributed by atoms with E-state index in [0.717, 1.165) is 10.9 Å². The van der Waals surface area contributed by atoms with Crippen molar-refractivity contribution >= 4 is 32.3 Å². The quantitative estimate of drug-likeness (QED) is 0.305. The average molecular weight is 303 g/mol. The summed E-state index contributed by atoms with van der Waals surface area (Å²) in [5.41, 5.74) is 2.39. The molecule has 0 aromatic heterocycles. The fraction of sp³-hybridized carbons (Fsp3) is 0. The lowest BCUT2D eigenvalue weighted by molar-refractivity contribution is 1.68. The summed E-state index contributed by atoms with van der Waals surface area (Å²) in [7, 11) is 0. The molecule has 0 N–H and O–H groups in total. The first-order valence-electron chi connectivity index (χ1n) is 8.22. The number of rotatable bonds is 1. The lowest BCUT2D eigenvalue weighted by atomic mass is 9.94. The number of benzene rings is 5. The predicted molar refractivity (Wildman–Crippen MR) is 103 cm³/mol. The molecule has 0 aliphatic heterocycles. The Bertz CT molecular complexity index is 1200. The van der Waals surface area contributed by atoms with Gasteiger partial charge < -0.3 is 0 Å². The van der Waals surface area contributed by atoms with Crippen molar-refractivity contribution in [3.05, 3.63) is 97.1 Å². The fourth-order valence-electron chi connectivity index (χ4n) is 3.55. The van der Waals surface area contributed by atoms with Gasteiger partial charge in [0.15, 0.2) is 0 Å². The molecule has 0 atom stereocenters. The minimum atomic E-state index is 1.15. The molecule has 0 unspecified atom stereocenters. The Kier molecular flexibility index (Phi) is 2.89. The van der Waals surface area contributed by atoms with Crippen LogP contribution in [0.5, 0.6) is 0 Å². The Morgan fingerprint density at radius 3 is 2.17 bits per heavy atom. The molecule has 0 heterocycles. The predicted octanol–water partition coefficient (Wildman–Crippen LogP) is 6.61. The minimum absolute atomic E-state index is 1.15. The van der Waals surface area contributed by atoms with Crippen LogP contribution in [0.1, 0.15) is 0 Å². The van der Waals surface area contributed by atoms with E-state index in [9.17, 15) is 0 Å². The van der Waals surface area contributed by atoms with E-state index in [4.69, 9.17) is 0 Å². The van der Waals surface area contributed by atoms with E-state index < -0.39 is 0 Å². The third-order valence-electron chi connectivity index (χ3n) is 4.74. The molecule has 111 valence electrons. The summed E-state index contributed by atoms with van der Waals surface area (Å²) in [6.45, 7) is 0. The molecule has 5 aromatic rings. The smallest absolute Gasteiger partial charge is 0.00141 e. The molecule has 0 saturated heterocycles. The van der Waals surface area contributed by atoms with E-state index in [1.165, 1.54) is 32.5 Å². The van der Waals surface area contributed by atoms with Crippen molar-refractivity contribution in [1.29, 1.82) is 0 Å². The molecule has 0 saturated carbocycles. The van der Waals surface area contributed by atoms with Crippen LogP contribution in [-0.4, -0.2) is 0 Å². The Morgan fingerprint density at radius 1 is 0.458 bits per heavy atom. The van der Waals surface area contributed by atoms with Crippen LogP contribution in [0, 0.1) is 6.07 Å². The van der Waals surface area contributed by atoms with Gasteiger partial charge in [-0.1, -0.05) is 91.0 Å². The molecule has 1 radical (unpaired) electrons.